The van der Waals surface area contributed by atoms with Crippen molar-refractivity contribution in [3.8, 4) is 0 Å². The van der Waals surface area contributed by atoms with Gasteiger partial charge in [0.2, 0.25) is 0 Å². The molecule has 1 aliphatic carbocycles. The predicted molar refractivity (Wildman–Crippen MR) is 70.8 cm³/mol. The Labute approximate surface area is 105 Å². The fraction of sp³-hybridized carbons (Fsp3) is 0.800. The molecule has 1 aliphatic rings. The standard InChI is InChI=1S/C15H26O2/c1-11(6-5-9-16)13-10-15(3,4)14(13)8-7-12(2)17/h13-14,16H,1,5-10H2,2-4H3/t13-,14+/m0/s1. The molecule has 2 heteroatoms. The molecule has 0 radical (unpaired) electrons. The van der Waals surface area contributed by atoms with Crippen LogP contribution in [0, 0.1) is 17.3 Å². The summed E-state index contributed by atoms with van der Waals surface area (Å²) >= 11 is 0. The van der Waals surface area contributed by atoms with Crippen molar-refractivity contribution < 1.29 is 9.90 Å². The fourth-order valence-electron chi connectivity index (χ4n) is 3.12. The lowest BCUT2D eigenvalue weighted by Crippen LogP contribution is -2.44. The average molecular weight is 238 g/mol. The summed E-state index contributed by atoms with van der Waals surface area (Å²) in [4.78, 5) is 11.1. The van der Waals surface area contributed by atoms with Crippen molar-refractivity contribution in [2.75, 3.05) is 6.61 Å². The minimum atomic E-state index is 0.243. The van der Waals surface area contributed by atoms with Gasteiger partial charge in [-0.1, -0.05) is 26.0 Å². The fourth-order valence-corrected chi connectivity index (χ4v) is 3.12. The van der Waals surface area contributed by atoms with Gasteiger partial charge in [0, 0.05) is 13.0 Å². The van der Waals surface area contributed by atoms with Gasteiger partial charge in [-0.25, -0.2) is 0 Å². The van der Waals surface area contributed by atoms with E-state index in [1.54, 1.807) is 6.92 Å². The van der Waals surface area contributed by atoms with Crippen LogP contribution in [0.15, 0.2) is 12.2 Å². The number of aliphatic hydroxyl groups excluding tert-OH is 1. The molecule has 0 saturated heterocycles. The van der Waals surface area contributed by atoms with E-state index in [2.05, 4.69) is 20.4 Å². The van der Waals surface area contributed by atoms with Crippen LogP contribution in [0.5, 0.6) is 0 Å². The summed E-state index contributed by atoms with van der Waals surface area (Å²) < 4.78 is 0. The molecule has 0 heterocycles. The molecule has 98 valence electrons. The zero-order chi connectivity index (χ0) is 13.1. The van der Waals surface area contributed by atoms with E-state index in [0.29, 0.717) is 23.7 Å². The van der Waals surface area contributed by atoms with E-state index in [1.165, 1.54) is 12.0 Å². The first-order valence-corrected chi connectivity index (χ1v) is 6.66. The molecule has 0 aromatic heterocycles. The van der Waals surface area contributed by atoms with E-state index < -0.39 is 0 Å². The molecular formula is C15H26O2. The lowest BCUT2D eigenvalue weighted by Gasteiger charge is -2.53. The smallest absolute Gasteiger partial charge is 0.129 e. The number of carbonyl (C=O) groups excluding carboxylic acids is 1. The summed E-state index contributed by atoms with van der Waals surface area (Å²) in [6, 6.07) is 0. The van der Waals surface area contributed by atoms with Gasteiger partial charge in [0.15, 0.2) is 0 Å². The van der Waals surface area contributed by atoms with E-state index in [-0.39, 0.29) is 12.4 Å². The molecule has 17 heavy (non-hydrogen) atoms. The number of allylic oxidation sites excluding steroid dienone is 1. The molecule has 0 bridgehead atoms. The van der Waals surface area contributed by atoms with Crippen LogP contribution in [0.3, 0.4) is 0 Å². The Morgan fingerprint density at radius 2 is 2.06 bits per heavy atom. The topological polar surface area (TPSA) is 37.3 Å². The number of hydrogen-bond acceptors (Lipinski definition) is 2. The van der Waals surface area contributed by atoms with Gasteiger partial charge in [-0.3, -0.25) is 0 Å². The maximum atomic E-state index is 11.1. The average Bonchev–Trinajstić information content (AvgIpc) is 2.22. The van der Waals surface area contributed by atoms with Gasteiger partial charge in [-0.2, -0.15) is 0 Å². The first kappa shape index (κ1) is 14.4. The van der Waals surface area contributed by atoms with Gasteiger partial charge in [0.25, 0.3) is 0 Å². The molecular weight excluding hydrogens is 212 g/mol. The zero-order valence-corrected chi connectivity index (χ0v) is 11.5. The maximum absolute atomic E-state index is 11.1. The highest BCUT2D eigenvalue weighted by atomic mass is 16.2. The van der Waals surface area contributed by atoms with Crippen molar-refractivity contribution in [1.82, 2.24) is 0 Å². The third-order valence-electron chi connectivity index (χ3n) is 4.22. The lowest BCUT2D eigenvalue weighted by atomic mass is 9.52. The molecule has 0 aromatic carbocycles. The normalized spacial score (nSPS) is 26.4. The van der Waals surface area contributed by atoms with Crippen LogP contribution in [0.2, 0.25) is 0 Å². The molecule has 0 aromatic rings. The minimum Gasteiger partial charge on any atom is -0.396 e. The molecule has 1 fully saturated rings. The monoisotopic (exact) mass is 238 g/mol. The second-order valence-corrected chi connectivity index (χ2v) is 6.13. The van der Waals surface area contributed by atoms with E-state index in [9.17, 15) is 4.79 Å². The Hall–Kier alpha value is -0.630. The van der Waals surface area contributed by atoms with Crippen molar-refractivity contribution in [3.63, 3.8) is 0 Å². The molecule has 0 amide bonds. The molecule has 0 unspecified atom stereocenters. The van der Waals surface area contributed by atoms with Crippen molar-refractivity contribution in [1.29, 1.82) is 0 Å². The number of hydrogen-bond donors (Lipinski definition) is 1. The van der Waals surface area contributed by atoms with Gasteiger partial charge in [-0.05, 0) is 49.9 Å². The van der Waals surface area contributed by atoms with Crippen molar-refractivity contribution >= 4 is 5.78 Å². The van der Waals surface area contributed by atoms with Crippen LogP contribution < -0.4 is 0 Å². The summed E-state index contributed by atoms with van der Waals surface area (Å²) in [7, 11) is 0. The molecule has 1 rings (SSSR count). The SMILES string of the molecule is C=C(CCCO)[C@@H]1CC(C)(C)[C@@H]1CCC(C)=O. The van der Waals surface area contributed by atoms with Crippen LogP contribution in [0.1, 0.15) is 52.9 Å². The van der Waals surface area contributed by atoms with Gasteiger partial charge >= 0.3 is 0 Å². The largest absolute Gasteiger partial charge is 0.396 e. The highest BCUT2D eigenvalue weighted by Gasteiger charge is 2.47. The highest BCUT2D eigenvalue weighted by Crippen LogP contribution is 2.55. The number of aliphatic hydroxyl groups is 1. The predicted octanol–water partition coefficient (Wildman–Crippen LogP) is 3.35. The Bertz CT molecular complexity index is 291. The molecule has 2 nitrogen and oxygen atoms in total. The summed E-state index contributed by atoms with van der Waals surface area (Å²) in [5.41, 5.74) is 1.62. The molecule has 0 aliphatic heterocycles. The van der Waals surface area contributed by atoms with Gasteiger partial charge in [0.1, 0.15) is 5.78 Å². The van der Waals surface area contributed by atoms with E-state index in [1.807, 2.05) is 0 Å². The number of ketones is 1. The number of Topliss-reactive ketones (excluding diaryl/α,β-unsaturated/α-hetero) is 1. The van der Waals surface area contributed by atoms with Crippen LogP contribution in [0.4, 0.5) is 0 Å². The second-order valence-electron chi connectivity index (χ2n) is 6.13. The van der Waals surface area contributed by atoms with Gasteiger partial charge in [-0.15, -0.1) is 0 Å². The molecule has 2 atom stereocenters. The Morgan fingerprint density at radius 3 is 2.53 bits per heavy atom. The maximum Gasteiger partial charge on any atom is 0.129 e. The quantitative estimate of drug-likeness (QED) is 0.691. The Morgan fingerprint density at radius 1 is 1.41 bits per heavy atom. The van der Waals surface area contributed by atoms with Crippen LogP contribution in [0.25, 0.3) is 0 Å². The molecule has 0 spiro atoms. The Kier molecular flexibility index (Phi) is 4.93. The van der Waals surface area contributed by atoms with Crippen molar-refractivity contribution in [3.05, 3.63) is 12.2 Å². The zero-order valence-electron chi connectivity index (χ0n) is 11.5. The van der Waals surface area contributed by atoms with Crippen molar-refractivity contribution in [2.45, 2.75) is 52.9 Å². The molecule has 1 saturated carbocycles. The van der Waals surface area contributed by atoms with E-state index in [4.69, 9.17) is 5.11 Å². The lowest BCUT2D eigenvalue weighted by molar-refractivity contribution is -0.118. The first-order valence-electron chi connectivity index (χ1n) is 6.66. The summed E-state index contributed by atoms with van der Waals surface area (Å²) in [5, 5.41) is 8.85. The van der Waals surface area contributed by atoms with Crippen LogP contribution >= 0.6 is 0 Å². The summed E-state index contributed by atoms with van der Waals surface area (Å²) in [6.07, 6.45) is 4.60. The summed E-state index contributed by atoms with van der Waals surface area (Å²) in [5.74, 6) is 1.45. The molecule has 1 N–H and O–H groups in total. The second kappa shape index (κ2) is 5.81. The third-order valence-corrected chi connectivity index (χ3v) is 4.22. The van der Waals surface area contributed by atoms with Gasteiger partial charge in [0.05, 0.1) is 0 Å². The number of carbonyl (C=O) groups is 1. The van der Waals surface area contributed by atoms with Crippen LogP contribution in [-0.2, 0) is 4.79 Å². The minimum absolute atomic E-state index is 0.243. The van der Waals surface area contributed by atoms with Crippen LogP contribution in [-0.4, -0.2) is 17.5 Å². The van der Waals surface area contributed by atoms with Gasteiger partial charge < -0.3 is 9.90 Å². The summed E-state index contributed by atoms with van der Waals surface area (Å²) in [6.45, 7) is 10.6. The van der Waals surface area contributed by atoms with E-state index >= 15 is 0 Å². The first-order chi connectivity index (χ1) is 7.88. The Balaban J connectivity index is 2.50. The third kappa shape index (κ3) is 3.67. The van der Waals surface area contributed by atoms with Crippen molar-refractivity contribution in [2.24, 2.45) is 17.3 Å². The number of rotatable bonds is 7. The van der Waals surface area contributed by atoms with E-state index in [0.717, 1.165) is 19.3 Å². The highest BCUT2D eigenvalue weighted by molar-refractivity contribution is 5.75.